The Morgan fingerprint density at radius 1 is 1.22 bits per heavy atom. The minimum Gasteiger partial charge on any atom is -0.362 e. The number of anilines is 2. The lowest BCUT2D eigenvalue weighted by Crippen LogP contribution is -2.33. The smallest absolute Gasteiger partial charge is 0.243 e. The summed E-state index contributed by atoms with van der Waals surface area (Å²) in [5, 5.41) is 2.89. The molecule has 0 fully saturated rings. The number of nitrogens with zero attached hydrogens (tertiary/aromatic N) is 1. The summed E-state index contributed by atoms with van der Waals surface area (Å²) in [6, 6.07) is 10.1. The van der Waals surface area contributed by atoms with Gasteiger partial charge >= 0.3 is 0 Å². The minimum atomic E-state index is -0.314. The van der Waals surface area contributed by atoms with Crippen molar-refractivity contribution >= 4 is 49.1 Å². The van der Waals surface area contributed by atoms with Crippen LogP contribution in [0.25, 0.3) is 0 Å². The van der Waals surface area contributed by atoms with Gasteiger partial charge < -0.3 is 10.2 Å². The Kier molecular flexibility index (Phi) is 6.18. The third kappa shape index (κ3) is 4.78. The van der Waals surface area contributed by atoms with Crippen molar-refractivity contribution in [1.29, 1.82) is 0 Å². The maximum atomic E-state index is 13.4. The largest absolute Gasteiger partial charge is 0.362 e. The van der Waals surface area contributed by atoms with Crippen LogP contribution in [0.15, 0.2) is 45.3 Å². The van der Waals surface area contributed by atoms with Crippen LogP contribution in [0.4, 0.5) is 15.8 Å². The first-order valence-electron chi connectivity index (χ1n) is 7.16. The standard InChI is InChI=1S/C17H17Br2FN2O/c1-3-22(13-6-4-5-12(20)9-13)10-16(23)21-17-14(18)7-11(2)8-15(17)19/h4-9H,3,10H2,1-2H3,(H,21,23). The number of hydrogen-bond acceptors (Lipinski definition) is 2. The number of rotatable bonds is 5. The molecule has 0 aliphatic heterocycles. The van der Waals surface area contributed by atoms with Gasteiger partial charge in [-0.1, -0.05) is 6.07 Å². The maximum Gasteiger partial charge on any atom is 0.243 e. The summed E-state index contributed by atoms with van der Waals surface area (Å²) in [7, 11) is 0. The zero-order valence-electron chi connectivity index (χ0n) is 12.9. The Bertz CT molecular complexity index is 698. The monoisotopic (exact) mass is 442 g/mol. The van der Waals surface area contributed by atoms with Crippen molar-refractivity contribution in [1.82, 2.24) is 0 Å². The van der Waals surface area contributed by atoms with Gasteiger partial charge in [-0.05, 0) is 81.6 Å². The maximum absolute atomic E-state index is 13.4. The van der Waals surface area contributed by atoms with E-state index in [9.17, 15) is 9.18 Å². The van der Waals surface area contributed by atoms with E-state index in [0.29, 0.717) is 17.9 Å². The average Bonchev–Trinajstić information content (AvgIpc) is 2.48. The van der Waals surface area contributed by atoms with Gasteiger partial charge in [0.1, 0.15) is 5.82 Å². The van der Waals surface area contributed by atoms with Gasteiger partial charge in [-0.3, -0.25) is 4.79 Å². The molecule has 1 N–H and O–H groups in total. The van der Waals surface area contributed by atoms with E-state index < -0.39 is 0 Å². The highest BCUT2D eigenvalue weighted by molar-refractivity contribution is 9.11. The normalized spacial score (nSPS) is 10.5. The fourth-order valence-corrected chi connectivity index (χ4v) is 3.84. The van der Waals surface area contributed by atoms with Crippen LogP contribution in [0, 0.1) is 12.7 Å². The summed E-state index contributed by atoms with van der Waals surface area (Å²) in [5.41, 5.74) is 2.46. The van der Waals surface area contributed by atoms with Crippen LogP contribution >= 0.6 is 31.9 Å². The lowest BCUT2D eigenvalue weighted by molar-refractivity contribution is -0.115. The number of carbonyl (C=O) groups is 1. The van der Waals surface area contributed by atoms with Gasteiger partial charge in [0.25, 0.3) is 0 Å². The molecule has 0 unspecified atom stereocenters. The van der Waals surface area contributed by atoms with Crippen molar-refractivity contribution in [3.63, 3.8) is 0 Å². The Balaban J connectivity index is 2.12. The van der Waals surface area contributed by atoms with Crippen LogP contribution in [0.1, 0.15) is 12.5 Å². The van der Waals surface area contributed by atoms with E-state index in [4.69, 9.17) is 0 Å². The molecule has 2 aromatic carbocycles. The number of halogens is 3. The zero-order chi connectivity index (χ0) is 17.0. The number of amides is 1. The fraction of sp³-hybridized carbons (Fsp3) is 0.235. The molecule has 0 atom stereocenters. The van der Waals surface area contributed by atoms with Gasteiger partial charge in [-0.25, -0.2) is 4.39 Å². The zero-order valence-corrected chi connectivity index (χ0v) is 16.0. The topological polar surface area (TPSA) is 32.3 Å². The van der Waals surface area contributed by atoms with Crippen LogP contribution in [0.2, 0.25) is 0 Å². The van der Waals surface area contributed by atoms with Crippen LogP contribution in [-0.4, -0.2) is 19.0 Å². The van der Waals surface area contributed by atoms with Crippen LogP contribution in [0.3, 0.4) is 0 Å². The van der Waals surface area contributed by atoms with Crippen LogP contribution in [0.5, 0.6) is 0 Å². The van der Waals surface area contributed by atoms with Crippen molar-refractivity contribution in [2.75, 3.05) is 23.3 Å². The van der Waals surface area contributed by atoms with Crippen molar-refractivity contribution in [2.24, 2.45) is 0 Å². The predicted octanol–water partition coefficient (Wildman–Crippen LogP) is 5.12. The Morgan fingerprint density at radius 3 is 2.43 bits per heavy atom. The van der Waals surface area contributed by atoms with Crippen molar-refractivity contribution in [2.45, 2.75) is 13.8 Å². The molecular formula is C17H17Br2FN2O. The molecular weight excluding hydrogens is 427 g/mol. The van der Waals surface area contributed by atoms with E-state index in [0.717, 1.165) is 14.5 Å². The molecule has 0 aliphatic carbocycles. The van der Waals surface area contributed by atoms with Crippen LogP contribution in [-0.2, 0) is 4.79 Å². The molecule has 0 saturated heterocycles. The highest BCUT2D eigenvalue weighted by Gasteiger charge is 2.14. The molecule has 3 nitrogen and oxygen atoms in total. The molecule has 0 radical (unpaired) electrons. The number of aryl methyl sites for hydroxylation is 1. The van der Waals surface area contributed by atoms with Crippen molar-refractivity contribution in [3.8, 4) is 0 Å². The summed E-state index contributed by atoms with van der Waals surface area (Å²) < 4.78 is 15.0. The second kappa shape index (κ2) is 7.93. The van der Waals surface area contributed by atoms with Gasteiger partial charge in [0.05, 0.1) is 12.2 Å². The molecule has 0 bridgehead atoms. The van der Waals surface area contributed by atoms with Gasteiger partial charge in [0.15, 0.2) is 0 Å². The summed E-state index contributed by atoms with van der Waals surface area (Å²) >= 11 is 6.91. The summed E-state index contributed by atoms with van der Waals surface area (Å²) in [6.45, 7) is 4.65. The average molecular weight is 444 g/mol. The lowest BCUT2D eigenvalue weighted by atomic mass is 10.2. The highest BCUT2D eigenvalue weighted by atomic mass is 79.9. The molecule has 0 spiro atoms. The third-order valence-corrected chi connectivity index (χ3v) is 4.59. The molecule has 0 saturated carbocycles. The van der Waals surface area contributed by atoms with E-state index in [1.807, 2.05) is 30.9 Å². The Labute approximate surface area is 152 Å². The lowest BCUT2D eigenvalue weighted by Gasteiger charge is -2.23. The molecule has 0 aromatic heterocycles. The van der Waals surface area contributed by atoms with E-state index >= 15 is 0 Å². The molecule has 0 aliphatic rings. The first-order valence-corrected chi connectivity index (χ1v) is 8.75. The van der Waals surface area contributed by atoms with Gasteiger partial charge in [-0.2, -0.15) is 0 Å². The van der Waals surface area contributed by atoms with E-state index in [1.165, 1.54) is 12.1 Å². The number of hydrogen-bond donors (Lipinski definition) is 1. The number of nitrogens with one attached hydrogen (secondary N) is 1. The molecule has 0 heterocycles. The van der Waals surface area contributed by atoms with Gasteiger partial charge in [-0.15, -0.1) is 0 Å². The Morgan fingerprint density at radius 2 is 1.87 bits per heavy atom. The van der Waals surface area contributed by atoms with E-state index in [-0.39, 0.29) is 18.3 Å². The molecule has 6 heteroatoms. The molecule has 2 rings (SSSR count). The first kappa shape index (κ1) is 17.9. The van der Waals surface area contributed by atoms with E-state index in [2.05, 4.69) is 37.2 Å². The van der Waals surface area contributed by atoms with Crippen LogP contribution < -0.4 is 10.2 Å². The first-order chi connectivity index (χ1) is 10.9. The highest BCUT2D eigenvalue weighted by Crippen LogP contribution is 2.32. The summed E-state index contributed by atoms with van der Waals surface area (Å²) in [6.07, 6.45) is 0. The SMILES string of the molecule is CCN(CC(=O)Nc1c(Br)cc(C)cc1Br)c1cccc(F)c1. The van der Waals surface area contributed by atoms with E-state index in [1.54, 1.807) is 12.1 Å². The second-order valence-corrected chi connectivity index (χ2v) is 6.85. The summed E-state index contributed by atoms with van der Waals surface area (Å²) in [4.78, 5) is 14.2. The number of benzene rings is 2. The molecule has 122 valence electrons. The van der Waals surface area contributed by atoms with Crippen molar-refractivity contribution in [3.05, 3.63) is 56.7 Å². The number of likely N-dealkylation sites (N-methyl/N-ethyl adjacent to an activating group) is 1. The second-order valence-electron chi connectivity index (χ2n) is 5.15. The fourth-order valence-electron chi connectivity index (χ4n) is 2.23. The van der Waals surface area contributed by atoms with Gasteiger partial charge in [0, 0.05) is 21.2 Å². The predicted molar refractivity (Wildman–Crippen MR) is 99.5 cm³/mol. The summed E-state index contributed by atoms with van der Waals surface area (Å²) in [5.74, 6) is -0.480. The molecule has 2 aromatic rings. The molecule has 23 heavy (non-hydrogen) atoms. The number of carbonyl (C=O) groups excluding carboxylic acids is 1. The quantitative estimate of drug-likeness (QED) is 0.695. The Hall–Kier alpha value is -1.40. The minimum absolute atomic E-state index is 0.146. The van der Waals surface area contributed by atoms with Gasteiger partial charge in [0.2, 0.25) is 5.91 Å². The third-order valence-electron chi connectivity index (χ3n) is 3.34. The van der Waals surface area contributed by atoms with Crippen molar-refractivity contribution < 1.29 is 9.18 Å². The molecule has 1 amide bonds.